The first-order valence-electron chi connectivity index (χ1n) is 7.87. The summed E-state index contributed by atoms with van der Waals surface area (Å²) in [5.41, 5.74) is -0.182. The van der Waals surface area contributed by atoms with Gasteiger partial charge in [0.1, 0.15) is 0 Å². The molecule has 10 heteroatoms. The zero-order valence-electron chi connectivity index (χ0n) is 14.5. The van der Waals surface area contributed by atoms with Crippen LogP contribution in [0.15, 0.2) is 36.5 Å². The first-order chi connectivity index (χ1) is 12.8. The molecule has 0 aliphatic carbocycles. The van der Waals surface area contributed by atoms with Crippen molar-refractivity contribution in [1.82, 2.24) is 4.98 Å². The number of carbonyl (C=O) groups is 2. The second-order valence-electron chi connectivity index (χ2n) is 5.25. The van der Waals surface area contributed by atoms with Crippen LogP contribution < -0.4 is 10.1 Å². The number of esters is 1. The van der Waals surface area contributed by atoms with Crippen molar-refractivity contribution in [2.75, 3.05) is 11.9 Å². The van der Waals surface area contributed by atoms with Gasteiger partial charge in [-0.05, 0) is 38.1 Å². The average Bonchev–Trinajstić information content (AvgIpc) is 2.63. The Hall–Kier alpha value is -3.20. The largest absolute Gasteiger partial charge is 0.487 e. The molecule has 9 nitrogen and oxygen atoms in total. The van der Waals surface area contributed by atoms with Crippen LogP contribution in [0.1, 0.15) is 24.2 Å². The van der Waals surface area contributed by atoms with Gasteiger partial charge in [0.05, 0.1) is 22.8 Å². The Labute approximate surface area is 159 Å². The van der Waals surface area contributed by atoms with Crippen molar-refractivity contribution in [3.8, 4) is 5.75 Å². The third-order valence-electron chi connectivity index (χ3n) is 3.36. The van der Waals surface area contributed by atoms with Crippen LogP contribution in [-0.4, -0.2) is 34.5 Å². The summed E-state index contributed by atoms with van der Waals surface area (Å²) >= 11 is 5.85. The van der Waals surface area contributed by atoms with E-state index in [1.165, 1.54) is 31.3 Å². The normalized spacial score (nSPS) is 11.4. The minimum Gasteiger partial charge on any atom is -0.487 e. The second-order valence-corrected chi connectivity index (χ2v) is 5.61. The van der Waals surface area contributed by atoms with Gasteiger partial charge in [-0.15, -0.1) is 0 Å². The first kappa shape index (κ1) is 20.1. The molecule has 0 saturated heterocycles. The molecule has 27 heavy (non-hydrogen) atoms. The smallest absolute Gasteiger partial charge is 0.339 e. The molecule has 0 bridgehead atoms. The van der Waals surface area contributed by atoms with Gasteiger partial charge in [-0.2, -0.15) is 0 Å². The number of pyridine rings is 1. The molecule has 1 aromatic heterocycles. The number of ether oxygens (including phenoxy) is 2. The lowest BCUT2D eigenvalue weighted by molar-refractivity contribution is -0.385. The van der Waals surface area contributed by atoms with Crippen LogP contribution in [0.4, 0.5) is 11.4 Å². The van der Waals surface area contributed by atoms with Crippen LogP contribution in [-0.2, 0) is 9.53 Å². The van der Waals surface area contributed by atoms with Crippen molar-refractivity contribution in [2.45, 2.75) is 20.0 Å². The van der Waals surface area contributed by atoms with E-state index in [1.807, 2.05) is 0 Å². The predicted octanol–water partition coefficient (Wildman–Crippen LogP) is 3.23. The van der Waals surface area contributed by atoms with E-state index in [4.69, 9.17) is 21.1 Å². The Kier molecular flexibility index (Phi) is 6.67. The van der Waals surface area contributed by atoms with Gasteiger partial charge in [0.2, 0.25) is 0 Å². The van der Waals surface area contributed by atoms with Crippen molar-refractivity contribution < 1.29 is 24.0 Å². The topological polar surface area (TPSA) is 121 Å². The number of nitro groups is 1. The summed E-state index contributed by atoms with van der Waals surface area (Å²) in [6.45, 7) is 3.28. The average molecular weight is 394 g/mol. The molecule has 0 saturated carbocycles. The zero-order chi connectivity index (χ0) is 20.0. The third kappa shape index (κ3) is 5.14. The molecule has 2 aromatic rings. The minimum absolute atomic E-state index is 0.0380. The highest BCUT2D eigenvalue weighted by Gasteiger charge is 2.23. The number of halogens is 1. The van der Waals surface area contributed by atoms with Crippen LogP contribution in [0.3, 0.4) is 0 Å². The fourth-order valence-corrected chi connectivity index (χ4v) is 2.23. The van der Waals surface area contributed by atoms with Gasteiger partial charge >= 0.3 is 11.7 Å². The van der Waals surface area contributed by atoms with E-state index in [2.05, 4.69) is 10.3 Å². The van der Waals surface area contributed by atoms with E-state index >= 15 is 0 Å². The lowest BCUT2D eigenvalue weighted by Gasteiger charge is -2.14. The molecule has 1 aromatic carbocycles. The van der Waals surface area contributed by atoms with Crippen molar-refractivity contribution in [1.29, 1.82) is 0 Å². The molecule has 142 valence electrons. The molecule has 1 heterocycles. The Morgan fingerprint density at radius 2 is 2.11 bits per heavy atom. The number of amides is 1. The van der Waals surface area contributed by atoms with Gasteiger partial charge in [-0.3, -0.25) is 14.9 Å². The first-order valence-corrected chi connectivity index (χ1v) is 8.24. The van der Waals surface area contributed by atoms with E-state index in [0.29, 0.717) is 0 Å². The molecule has 0 radical (unpaired) electrons. The number of nitrogens with one attached hydrogen (secondary N) is 1. The quantitative estimate of drug-likeness (QED) is 0.331. The maximum absolute atomic E-state index is 12.2. The molecule has 1 N–H and O–H groups in total. The maximum Gasteiger partial charge on any atom is 0.339 e. The van der Waals surface area contributed by atoms with Gasteiger partial charge in [0.15, 0.2) is 17.0 Å². The molecular formula is C17H16ClN3O6. The molecule has 1 atom stereocenters. The monoisotopic (exact) mass is 393 g/mol. The number of nitro benzene ring substituents is 1. The number of aromatic nitrogens is 1. The Bertz CT molecular complexity index is 873. The van der Waals surface area contributed by atoms with Crippen LogP contribution in [0.25, 0.3) is 0 Å². The highest BCUT2D eigenvalue weighted by molar-refractivity contribution is 6.32. The molecule has 2 rings (SSSR count). The van der Waals surface area contributed by atoms with Crippen molar-refractivity contribution >= 4 is 34.9 Å². The fourth-order valence-electron chi connectivity index (χ4n) is 2.06. The number of benzene rings is 1. The van der Waals surface area contributed by atoms with Gasteiger partial charge in [0.25, 0.3) is 5.91 Å². The third-order valence-corrected chi connectivity index (χ3v) is 3.66. The van der Waals surface area contributed by atoms with E-state index in [9.17, 15) is 19.7 Å². The fraction of sp³-hybridized carbons (Fsp3) is 0.235. The van der Waals surface area contributed by atoms with Gasteiger partial charge in [-0.25, -0.2) is 9.78 Å². The number of rotatable bonds is 7. The van der Waals surface area contributed by atoms with Crippen molar-refractivity contribution in [3.05, 3.63) is 57.4 Å². The van der Waals surface area contributed by atoms with Crippen molar-refractivity contribution in [2.24, 2.45) is 0 Å². The van der Waals surface area contributed by atoms with Gasteiger partial charge in [0, 0.05) is 12.3 Å². The summed E-state index contributed by atoms with van der Waals surface area (Å²) in [5, 5.41) is 13.7. The second kappa shape index (κ2) is 8.95. The summed E-state index contributed by atoms with van der Waals surface area (Å²) in [7, 11) is 0. The Morgan fingerprint density at radius 1 is 1.37 bits per heavy atom. The number of hydrogen-bond acceptors (Lipinski definition) is 7. The lowest BCUT2D eigenvalue weighted by Crippen LogP contribution is -2.30. The van der Waals surface area contributed by atoms with Crippen LogP contribution in [0, 0.1) is 10.1 Å². The molecule has 0 unspecified atom stereocenters. The highest BCUT2D eigenvalue weighted by Crippen LogP contribution is 2.28. The zero-order valence-corrected chi connectivity index (χ0v) is 15.2. The standard InChI is InChI=1S/C17H16ClN3O6/c1-3-26-14-7-6-11(9-13(14)21(24)25)17(23)27-10(2)16(22)20-12-5-4-8-19-15(12)18/h4-10H,3H2,1-2H3,(H,20,22)/t10-/m0/s1. The SMILES string of the molecule is CCOc1ccc(C(=O)O[C@@H](C)C(=O)Nc2cccnc2Cl)cc1[N+](=O)[O-]. The number of hydrogen-bond donors (Lipinski definition) is 1. The van der Waals surface area contributed by atoms with Crippen molar-refractivity contribution in [3.63, 3.8) is 0 Å². The lowest BCUT2D eigenvalue weighted by atomic mass is 10.2. The summed E-state index contributed by atoms with van der Waals surface area (Å²) in [5.74, 6) is -1.48. The van der Waals surface area contributed by atoms with E-state index in [0.717, 1.165) is 6.07 Å². The summed E-state index contributed by atoms with van der Waals surface area (Å²) in [6.07, 6.45) is 0.291. The molecule has 0 fully saturated rings. The van der Waals surface area contributed by atoms with Gasteiger partial charge < -0.3 is 14.8 Å². The van der Waals surface area contributed by atoms with Gasteiger partial charge in [-0.1, -0.05) is 11.6 Å². The molecule has 0 spiro atoms. The highest BCUT2D eigenvalue weighted by atomic mass is 35.5. The predicted molar refractivity (Wildman–Crippen MR) is 97.0 cm³/mol. The molecule has 0 aliphatic heterocycles. The number of nitrogens with zero attached hydrogens (tertiary/aromatic N) is 2. The molecular weight excluding hydrogens is 378 g/mol. The van der Waals surface area contributed by atoms with E-state index in [1.54, 1.807) is 13.0 Å². The summed E-state index contributed by atoms with van der Waals surface area (Å²) in [6, 6.07) is 6.78. The maximum atomic E-state index is 12.2. The minimum atomic E-state index is -1.17. The molecule has 1 amide bonds. The van der Waals surface area contributed by atoms with E-state index in [-0.39, 0.29) is 34.4 Å². The summed E-state index contributed by atoms with van der Waals surface area (Å²) in [4.78, 5) is 38.6. The van der Waals surface area contributed by atoms with Crippen LogP contribution in [0.5, 0.6) is 5.75 Å². The van der Waals surface area contributed by atoms with E-state index < -0.39 is 22.9 Å². The van der Waals surface area contributed by atoms with Crippen LogP contribution in [0.2, 0.25) is 5.15 Å². The Morgan fingerprint density at radius 3 is 2.74 bits per heavy atom. The molecule has 0 aliphatic rings. The van der Waals surface area contributed by atoms with Crippen LogP contribution >= 0.6 is 11.6 Å². The Balaban J connectivity index is 2.09. The number of anilines is 1. The number of carbonyl (C=O) groups excluding carboxylic acids is 2. The summed E-state index contributed by atoms with van der Waals surface area (Å²) < 4.78 is 10.2.